The molecule has 0 amide bonds. The summed E-state index contributed by atoms with van der Waals surface area (Å²) in [7, 11) is 2.10. The average molecular weight is 426 g/mol. The number of nitrogens with zero attached hydrogens (tertiary/aromatic N) is 3. The number of pyridine rings is 1. The number of rotatable bonds is 7. The Labute approximate surface area is 189 Å². The monoisotopic (exact) mass is 425 g/mol. The van der Waals surface area contributed by atoms with E-state index in [0.717, 1.165) is 52.8 Å². The number of aryl methyl sites for hydroxylation is 4. The molecule has 0 spiro atoms. The standard InChI is InChI=1S/C27H31N5/c1-17-12-18(2)24(19(3)13-17)30-27-31-25-22(14-20-7-8-20)9-10-23(26(25)32(27)4)29-16-21-6-5-11-28-15-21/h5-6,9-13,15,20,29H,7-8,14,16H2,1-4H3,(H,30,31). The third-order valence-electron chi connectivity index (χ3n) is 6.43. The highest BCUT2D eigenvalue weighted by Crippen LogP contribution is 2.37. The van der Waals surface area contributed by atoms with Gasteiger partial charge in [-0.1, -0.05) is 29.8 Å². The van der Waals surface area contributed by atoms with E-state index in [1.165, 1.54) is 35.1 Å². The zero-order valence-electron chi connectivity index (χ0n) is 19.4. The first kappa shape index (κ1) is 20.6. The third-order valence-corrected chi connectivity index (χ3v) is 6.43. The molecule has 0 unspecified atom stereocenters. The molecule has 2 N–H and O–H groups in total. The van der Waals surface area contributed by atoms with Crippen molar-refractivity contribution in [3.05, 3.63) is 76.6 Å². The van der Waals surface area contributed by atoms with Crippen LogP contribution in [0.1, 0.15) is 40.7 Å². The highest BCUT2D eigenvalue weighted by Gasteiger charge is 2.24. The van der Waals surface area contributed by atoms with Crippen molar-refractivity contribution in [1.82, 2.24) is 14.5 Å². The topological polar surface area (TPSA) is 54.8 Å². The van der Waals surface area contributed by atoms with Crippen molar-refractivity contribution in [1.29, 1.82) is 0 Å². The van der Waals surface area contributed by atoms with Gasteiger partial charge in [0, 0.05) is 31.7 Å². The zero-order valence-corrected chi connectivity index (χ0v) is 19.4. The first-order chi connectivity index (χ1) is 15.5. The summed E-state index contributed by atoms with van der Waals surface area (Å²) >= 11 is 0. The van der Waals surface area contributed by atoms with Gasteiger partial charge in [-0.15, -0.1) is 0 Å². The van der Waals surface area contributed by atoms with Gasteiger partial charge in [0.2, 0.25) is 5.95 Å². The molecule has 32 heavy (non-hydrogen) atoms. The van der Waals surface area contributed by atoms with Crippen molar-refractivity contribution < 1.29 is 0 Å². The van der Waals surface area contributed by atoms with E-state index >= 15 is 0 Å². The predicted molar refractivity (Wildman–Crippen MR) is 133 cm³/mol. The van der Waals surface area contributed by atoms with E-state index in [0.29, 0.717) is 0 Å². The van der Waals surface area contributed by atoms with Gasteiger partial charge in [0.25, 0.3) is 0 Å². The molecule has 5 nitrogen and oxygen atoms in total. The summed E-state index contributed by atoms with van der Waals surface area (Å²) in [5.41, 5.74) is 10.8. The smallest absolute Gasteiger partial charge is 0.208 e. The molecule has 1 aliphatic rings. The molecule has 1 fully saturated rings. The third kappa shape index (κ3) is 4.07. The fourth-order valence-corrected chi connectivity index (χ4v) is 4.61. The molecule has 5 heteroatoms. The van der Waals surface area contributed by atoms with Gasteiger partial charge in [-0.25, -0.2) is 4.98 Å². The minimum absolute atomic E-state index is 0.731. The lowest BCUT2D eigenvalue weighted by atomic mass is 10.1. The Bertz CT molecular complexity index is 1250. The number of anilines is 3. The molecule has 0 bridgehead atoms. The van der Waals surface area contributed by atoms with Crippen molar-refractivity contribution >= 4 is 28.4 Å². The first-order valence-electron chi connectivity index (χ1n) is 11.5. The Balaban J connectivity index is 1.55. The van der Waals surface area contributed by atoms with Crippen LogP contribution in [0.3, 0.4) is 0 Å². The van der Waals surface area contributed by atoms with Gasteiger partial charge >= 0.3 is 0 Å². The first-order valence-corrected chi connectivity index (χ1v) is 11.5. The molecule has 0 saturated heterocycles. The van der Waals surface area contributed by atoms with E-state index in [-0.39, 0.29) is 0 Å². The maximum absolute atomic E-state index is 5.11. The molecule has 5 rings (SSSR count). The van der Waals surface area contributed by atoms with E-state index in [4.69, 9.17) is 4.98 Å². The number of hydrogen-bond acceptors (Lipinski definition) is 4. The van der Waals surface area contributed by atoms with Crippen LogP contribution in [0.4, 0.5) is 17.3 Å². The van der Waals surface area contributed by atoms with Gasteiger partial charge in [-0.3, -0.25) is 4.98 Å². The number of fused-ring (bicyclic) bond motifs is 1. The summed E-state index contributed by atoms with van der Waals surface area (Å²) in [5, 5.41) is 7.26. The van der Waals surface area contributed by atoms with Crippen molar-refractivity contribution in [2.24, 2.45) is 13.0 Å². The minimum Gasteiger partial charge on any atom is -0.379 e. The highest BCUT2D eigenvalue weighted by molar-refractivity contribution is 5.93. The number of imidazole rings is 1. The van der Waals surface area contributed by atoms with Crippen LogP contribution in [-0.2, 0) is 20.0 Å². The second kappa shape index (κ2) is 8.30. The summed E-state index contributed by atoms with van der Waals surface area (Å²) < 4.78 is 2.19. The lowest BCUT2D eigenvalue weighted by Crippen LogP contribution is -2.05. The van der Waals surface area contributed by atoms with E-state index in [1.54, 1.807) is 0 Å². The normalized spacial score (nSPS) is 13.5. The van der Waals surface area contributed by atoms with E-state index in [1.807, 2.05) is 18.5 Å². The van der Waals surface area contributed by atoms with Crippen LogP contribution in [0, 0.1) is 26.7 Å². The fraction of sp³-hybridized carbons (Fsp3) is 0.333. The predicted octanol–water partition coefficient (Wildman–Crippen LogP) is 6.20. The Morgan fingerprint density at radius 1 is 1.06 bits per heavy atom. The summed E-state index contributed by atoms with van der Waals surface area (Å²) in [5.74, 6) is 1.69. The maximum Gasteiger partial charge on any atom is 0.208 e. The summed E-state index contributed by atoms with van der Waals surface area (Å²) in [6.45, 7) is 7.19. The molecule has 164 valence electrons. The quantitative estimate of drug-likeness (QED) is 0.370. The van der Waals surface area contributed by atoms with Gasteiger partial charge in [-0.05, 0) is 80.3 Å². The van der Waals surface area contributed by atoms with E-state index in [2.05, 4.69) is 78.3 Å². The lowest BCUT2D eigenvalue weighted by Gasteiger charge is -2.14. The van der Waals surface area contributed by atoms with Crippen molar-refractivity contribution in [2.45, 2.75) is 46.6 Å². The van der Waals surface area contributed by atoms with Crippen LogP contribution < -0.4 is 10.6 Å². The molecule has 1 aliphatic carbocycles. The summed E-state index contributed by atoms with van der Waals surface area (Å²) in [4.78, 5) is 9.34. The van der Waals surface area contributed by atoms with E-state index in [9.17, 15) is 0 Å². The molecule has 2 aromatic heterocycles. The largest absolute Gasteiger partial charge is 0.379 e. The van der Waals surface area contributed by atoms with Crippen molar-refractivity contribution in [3.8, 4) is 0 Å². The van der Waals surface area contributed by atoms with E-state index < -0.39 is 0 Å². The van der Waals surface area contributed by atoms with Crippen molar-refractivity contribution in [3.63, 3.8) is 0 Å². The van der Waals surface area contributed by atoms with Gasteiger partial charge < -0.3 is 15.2 Å². The van der Waals surface area contributed by atoms with Crippen LogP contribution in [0.15, 0.2) is 48.8 Å². The molecule has 2 heterocycles. The second-order valence-electron chi connectivity index (χ2n) is 9.22. The fourth-order valence-electron chi connectivity index (χ4n) is 4.61. The Kier molecular flexibility index (Phi) is 5.33. The van der Waals surface area contributed by atoms with Crippen LogP contribution in [0.2, 0.25) is 0 Å². The SMILES string of the molecule is Cc1cc(C)c(Nc2nc3c(CC4CC4)ccc(NCc4cccnc4)c3n2C)c(C)c1. The van der Waals surface area contributed by atoms with Gasteiger partial charge in [0.1, 0.15) is 0 Å². The minimum atomic E-state index is 0.731. The molecule has 0 aliphatic heterocycles. The average Bonchev–Trinajstić information content (AvgIpc) is 3.53. The van der Waals surface area contributed by atoms with Gasteiger partial charge in [0.15, 0.2) is 0 Å². The van der Waals surface area contributed by atoms with Crippen LogP contribution in [0.25, 0.3) is 11.0 Å². The van der Waals surface area contributed by atoms with Crippen molar-refractivity contribution in [2.75, 3.05) is 10.6 Å². The lowest BCUT2D eigenvalue weighted by molar-refractivity contribution is 0.837. The number of hydrogen-bond donors (Lipinski definition) is 2. The zero-order chi connectivity index (χ0) is 22.2. The second-order valence-corrected chi connectivity index (χ2v) is 9.22. The molecule has 2 aromatic carbocycles. The maximum atomic E-state index is 5.11. The Hall–Kier alpha value is -3.34. The highest BCUT2D eigenvalue weighted by atomic mass is 15.2. The molecular formula is C27H31N5. The van der Waals surface area contributed by atoms with Gasteiger partial charge in [-0.2, -0.15) is 0 Å². The van der Waals surface area contributed by atoms with Gasteiger partial charge in [0.05, 0.1) is 16.7 Å². The van der Waals surface area contributed by atoms with Crippen LogP contribution in [-0.4, -0.2) is 14.5 Å². The number of benzene rings is 2. The van der Waals surface area contributed by atoms with Crippen LogP contribution in [0.5, 0.6) is 0 Å². The molecule has 0 atom stereocenters. The number of aromatic nitrogens is 3. The van der Waals surface area contributed by atoms with Crippen LogP contribution >= 0.6 is 0 Å². The molecule has 1 saturated carbocycles. The Morgan fingerprint density at radius 3 is 2.53 bits per heavy atom. The summed E-state index contributed by atoms with van der Waals surface area (Å²) in [6.07, 6.45) is 7.50. The Morgan fingerprint density at radius 2 is 1.84 bits per heavy atom. The summed E-state index contributed by atoms with van der Waals surface area (Å²) in [6, 6.07) is 13.0. The number of nitrogens with one attached hydrogen (secondary N) is 2. The molecule has 4 aromatic rings. The molecule has 0 radical (unpaired) electrons. The molecular weight excluding hydrogens is 394 g/mol.